The third kappa shape index (κ3) is 6.91. The maximum Gasteiger partial charge on any atom is 0.125 e. The van der Waals surface area contributed by atoms with Gasteiger partial charge in [-0.2, -0.15) is 0 Å². The van der Waals surface area contributed by atoms with Crippen LogP contribution in [0.4, 0.5) is 5.69 Å². The van der Waals surface area contributed by atoms with E-state index in [4.69, 9.17) is 19.9 Å². The van der Waals surface area contributed by atoms with Gasteiger partial charge in [0.15, 0.2) is 0 Å². The second kappa shape index (κ2) is 7.89. The number of hydrogen-bond donors (Lipinski definition) is 1. The van der Waals surface area contributed by atoms with E-state index < -0.39 is 0 Å². The Kier molecular flexibility index (Phi) is 6.50. The zero-order chi connectivity index (χ0) is 14.3. The molecule has 108 valence electrons. The molecule has 0 saturated heterocycles. The highest BCUT2D eigenvalue weighted by Gasteiger charge is 2.03. The molecule has 0 bridgehead atoms. The van der Waals surface area contributed by atoms with E-state index in [0.29, 0.717) is 30.6 Å². The topological polar surface area (TPSA) is 53.7 Å². The summed E-state index contributed by atoms with van der Waals surface area (Å²) < 4.78 is 16.7. The van der Waals surface area contributed by atoms with Gasteiger partial charge in [-0.15, -0.1) is 0 Å². The number of ether oxygens (including phenoxy) is 3. The van der Waals surface area contributed by atoms with Crippen molar-refractivity contribution in [2.45, 2.75) is 33.8 Å². The molecule has 1 rings (SSSR count). The van der Waals surface area contributed by atoms with E-state index in [0.717, 1.165) is 12.4 Å². The van der Waals surface area contributed by atoms with Crippen molar-refractivity contribution in [1.82, 2.24) is 0 Å². The zero-order valence-electron chi connectivity index (χ0n) is 12.3. The fraction of sp³-hybridized carbons (Fsp3) is 0.600. The molecule has 0 radical (unpaired) electrons. The third-order valence-corrected chi connectivity index (χ3v) is 2.22. The molecule has 0 aromatic heterocycles. The molecule has 1 aromatic rings. The van der Waals surface area contributed by atoms with Crippen molar-refractivity contribution in [3.8, 4) is 11.5 Å². The molecule has 0 saturated carbocycles. The van der Waals surface area contributed by atoms with Crippen molar-refractivity contribution >= 4 is 5.69 Å². The zero-order valence-corrected chi connectivity index (χ0v) is 12.3. The fourth-order valence-corrected chi connectivity index (χ4v) is 1.55. The minimum Gasteiger partial charge on any atom is -0.491 e. The monoisotopic (exact) mass is 267 g/mol. The van der Waals surface area contributed by atoms with Crippen LogP contribution < -0.4 is 15.2 Å². The van der Waals surface area contributed by atoms with Crippen molar-refractivity contribution in [3.05, 3.63) is 18.2 Å². The van der Waals surface area contributed by atoms with Crippen LogP contribution in [0, 0.1) is 5.92 Å². The van der Waals surface area contributed by atoms with E-state index in [9.17, 15) is 0 Å². The van der Waals surface area contributed by atoms with Crippen molar-refractivity contribution in [2.24, 2.45) is 5.92 Å². The first kappa shape index (κ1) is 15.6. The summed E-state index contributed by atoms with van der Waals surface area (Å²) in [6.07, 6.45) is 0.115. The van der Waals surface area contributed by atoms with Crippen LogP contribution in [0.3, 0.4) is 0 Å². The van der Waals surface area contributed by atoms with Gasteiger partial charge in [-0.1, -0.05) is 13.8 Å². The molecule has 1 aromatic carbocycles. The van der Waals surface area contributed by atoms with E-state index in [1.165, 1.54) is 0 Å². The standard InChI is InChI=1S/C15H25NO3/c1-11(2)10-17-5-6-18-14-7-13(16)8-15(9-14)19-12(3)4/h7-9,11-12H,5-6,10,16H2,1-4H3. The van der Waals surface area contributed by atoms with Crippen LogP contribution in [-0.2, 0) is 4.74 Å². The summed E-state index contributed by atoms with van der Waals surface area (Å²) in [6, 6.07) is 5.43. The van der Waals surface area contributed by atoms with Gasteiger partial charge in [0, 0.05) is 30.5 Å². The minimum absolute atomic E-state index is 0.115. The Balaban J connectivity index is 2.42. The number of nitrogens with two attached hydrogens (primary N) is 1. The van der Waals surface area contributed by atoms with Crippen LogP contribution in [0.1, 0.15) is 27.7 Å². The maximum absolute atomic E-state index is 5.81. The summed E-state index contributed by atoms with van der Waals surface area (Å²) >= 11 is 0. The van der Waals surface area contributed by atoms with Gasteiger partial charge >= 0.3 is 0 Å². The largest absolute Gasteiger partial charge is 0.491 e. The smallest absolute Gasteiger partial charge is 0.125 e. The molecule has 0 aliphatic carbocycles. The Morgan fingerprint density at radius 3 is 2.32 bits per heavy atom. The average Bonchev–Trinajstić information content (AvgIpc) is 2.26. The van der Waals surface area contributed by atoms with Crippen LogP contribution in [0.15, 0.2) is 18.2 Å². The highest BCUT2D eigenvalue weighted by Crippen LogP contribution is 2.25. The minimum atomic E-state index is 0.115. The normalized spacial score (nSPS) is 11.1. The molecule has 2 N–H and O–H groups in total. The molecule has 4 heteroatoms. The van der Waals surface area contributed by atoms with E-state index >= 15 is 0 Å². The predicted molar refractivity (Wildman–Crippen MR) is 77.8 cm³/mol. The molecule has 0 aliphatic heterocycles. The second-order valence-electron chi connectivity index (χ2n) is 5.22. The molecular weight excluding hydrogens is 242 g/mol. The summed E-state index contributed by atoms with van der Waals surface area (Å²) in [5.74, 6) is 1.98. The lowest BCUT2D eigenvalue weighted by molar-refractivity contribution is 0.0818. The molecule has 19 heavy (non-hydrogen) atoms. The third-order valence-electron chi connectivity index (χ3n) is 2.22. The average molecular weight is 267 g/mol. The number of benzene rings is 1. The molecule has 0 spiro atoms. The van der Waals surface area contributed by atoms with Gasteiger partial charge in [0.1, 0.15) is 18.1 Å². The first-order valence-electron chi connectivity index (χ1n) is 6.75. The van der Waals surface area contributed by atoms with Gasteiger partial charge in [-0.05, 0) is 19.8 Å². The molecule has 0 fully saturated rings. The lowest BCUT2D eigenvalue weighted by Gasteiger charge is -2.13. The van der Waals surface area contributed by atoms with Crippen LogP contribution >= 0.6 is 0 Å². The van der Waals surface area contributed by atoms with E-state index in [1.54, 1.807) is 12.1 Å². The first-order chi connectivity index (χ1) is 8.97. The Labute approximate surface area is 115 Å². The number of hydrogen-bond acceptors (Lipinski definition) is 4. The first-order valence-corrected chi connectivity index (χ1v) is 6.75. The Bertz CT molecular complexity index is 378. The number of anilines is 1. The quantitative estimate of drug-likeness (QED) is 0.581. The van der Waals surface area contributed by atoms with Gasteiger partial charge < -0.3 is 19.9 Å². The maximum atomic E-state index is 5.81. The van der Waals surface area contributed by atoms with E-state index in [1.807, 2.05) is 19.9 Å². The molecule has 0 atom stereocenters. The van der Waals surface area contributed by atoms with Crippen molar-refractivity contribution in [3.63, 3.8) is 0 Å². The highest BCUT2D eigenvalue weighted by molar-refractivity contribution is 5.50. The summed E-state index contributed by atoms with van der Waals surface area (Å²) in [5, 5.41) is 0. The van der Waals surface area contributed by atoms with Crippen molar-refractivity contribution in [1.29, 1.82) is 0 Å². The van der Waals surface area contributed by atoms with Crippen LogP contribution in [0.25, 0.3) is 0 Å². The van der Waals surface area contributed by atoms with E-state index in [2.05, 4.69) is 13.8 Å². The fourth-order valence-electron chi connectivity index (χ4n) is 1.55. The summed E-state index contributed by atoms with van der Waals surface area (Å²) in [6.45, 7) is 10.0. The molecule has 0 amide bonds. The van der Waals surface area contributed by atoms with Crippen LogP contribution in [0.2, 0.25) is 0 Å². The molecular formula is C15H25NO3. The summed E-state index contributed by atoms with van der Waals surface area (Å²) in [4.78, 5) is 0. The van der Waals surface area contributed by atoms with Gasteiger partial charge in [0.2, 0.25) is 0 Å². The van der Waals surface area contributed by atoms with Crippen LogP contribution in [-0.4, -0.2) is 25.9 Å². The van der Waals surface area contributed by atoms with Gasteiger partial charge in [0.25, 0.3) is 0 Å². The van der Waals surface area contributed by atoms with Crippen LogP contribution in [0.5, 0.6) is 11.5 Å². The van der Waals surface area contributed by atoms with Gasteiger partial charge in [-0.3, -0.25) is 0 Å². The number of nitrogen functional groups attached to an aromatic ring is 1. The summed E-state index contributed by atoms with van der Waals surface area (Å²) in [5.41, 5.74) is 6.45. The number of rotatable bonds is 8. The molecule has 0 heterocycles. The lowest BCUT2D eigenvalue weighted by atomic mass is 10.2. The van der Waals surface area contributed by atoms with Gasteiger partial charge in [0.05, 0.1) is 12.7 Å². The summed E-state index contributed by atoms with van der Waals surface area (Å²) in [7, 11) is 0. The molecule has 0 aliphatic rings. The van der Waals surface area contributed by atoms with Crippen molar-refractivity contribution in [2.75, 3.05) is 25.6 Å². The Hall–Kier alpha value is -1.42. The Morgan fingerprint density at radius 1 is 1.00 bits per heavy atom. The Morgan fingerprint density at radius 2 is 1.68 bits per heavy atom. The SMILES string of the molecule is CC(C)COCCOc1cc(N)cc(OC(C)C)c1. The second-order valence-corrected chi connectivity index (χ2v) is 5.22. The molecule has 0 unspecified atom stereocenters. The highest BCUT2D eigenvalue weighted by atomic mass is 16.5. The predicted octanol–water partition coefficient (Wildman–Crippen LogP) is 3.11. The molecule has 4 nitrogen and oxygen atoms in total. The van der Waals surface area contributed by atoms with Crippen molar-refractivity contribution < 1.29 is 14.2 Å². The lowest BCUT2D eigenvalue weighted by Crippen LogP contribution is -2.10. The van der Waals surface area contributed by atoms with E-state index in [-0.39, 0.29) is 6.10 Å². The van der Waals surface area contributed by atoms with Gasteiger partial charge in [-0.25, -0.2) is 0 Å².